The lowest BCUT2D eigenvalue weighted by Gasteiger charge is -2.10. The molecular formula is C23H41NO9. The van der Waals surface area contributed by atoms with E-state index in [1.807, 2.05) is 13.8 Å². The van der Waals surface area contributed by atoms with Crippen molar-refractivity contribution in [1.82, 2.24) is 5.32 Å². The highest BCUT2D eigenvalue weighted by Gasteiger charge is 2.07. The van der Waals surface area contributed by atoms with Gasteiger partial charge in [0.2, 0.25) is 5.91 Å². The number of hydrogen-bond donors (Lipinski definition) is 2. The summed E-state index contributed by atoms with van der Waals surface area (Å²) in [6, 6.07) is 0. The molecule has 0 aliphatic carbocycles. The maximum atomic E-state index is 10.7. The lowest BCUT2D eigenvalue weighted by molar-refractivity contribution is -0.134. The fourth-order valence-electron chi connectivity index (χ4n) is 1.65. The molecule has 0 unspecified atom stereocenters. The number of amides is 1. The van der Waals surface area contributed by atoms with Gasteiger partial charge in [0, 0.05) is 58.4 Å². The van der Waals surface area contributed by atoms with E-state index in [9.17, 15) is 24.0 Å². The third-order valence-electron chi connectivity index (χ3n) is 3.53. The number of carboxylic acid groups (broad SMARTS) is 1. The van der Waals surface area contributed by atoms with E-state index in [4.69, 9.17) is 14.7 Å². The molecule has 0 aromatic carbocycles. The van der Waals surface area contributed by atoms with Crippen molar-refractivity contribution < 1.29 is 43.4 Å². The number of methoxy groups -OCH3 is 1. The van der Waals surface area contributed by atoms with E-state index in [0.29, 0.717) is 45.0 Å². The van der Waals surface area contributed by atoms with Gasteiger partial charge in [-0.05, 0) is 26.7 Å². The van der Waals surface area contributed by atoms with Gasteiger partial charge in [-0.1, -0.05) is 13.8 Å². The van der Waals surface area contributed by atoms with Crippen molar-refractivity contribution in [3.8, 4) is 0 Å². The molecule has 1 aliphatic rings. The van der Waals surface area contributed by atoms with Crippen LogP contribution in [0.15, 0.2) is 0 Å². The fourth-order valence-corrected chi connectivity index (χ4v) is 1.65. The van der Waals surface area contributed by atoms with Crippen LogP contribution in [0.5, 0.6) is 0 Å². The van der Waals surface area contributed by atoms with Crippen molar-refractivity contribution in [2.24, 2.45) is 0 Å². The molecule has 0 spiro atoms. The number of carbonyl (C=O) groups excluding carboxylic acids is 6. The van der Waals surface area contributed by atoms with Gasteiger partial charge in [-0.15, -0.1) is 0 Å². The smallest absolute Gasteiger partial charge is 0.300 e. The summed E-state index contributed by atoms with van der Waals surface area (Å²) >= 11 is 0. The van der Waals surface area contributed by atoms with E-state index in [2.05, 4.69) is 10.1 Å². The zero-order valence-electron chi connectivity index (χ0n) is 20.9. The number of rotatable bonds is 11. The van der Waals surface area contributed by atoms with Gasteiger partial charge in [-0.2, -0.15) is 0 Å². The standard InChI is InChI=1S/2C8H14O2.C3H5NO.2C2H4O2/c2*1-3-8(10)6-4-5-7(2)9;5-3-1-2-4-3;1-4-2-3;1-2(3)4/h2*3-6H2,1-2H3;1-2H2,(H,4,5);2H,1H3;1H3,(H,3,4). The zero-order valence-corrected chi connectivity index (χ0v) is 20.9. The van der Waals surface area contributed by atoms with Crippen molar-refractivity contribution in [2.75, 3.05) is 13.7 Å². The van der Waals surface area contributed by atoms with E-state index in [1.165, 1.54) is 7.11 Å². The van der Waals surface area contributed by atoms with Gasteiger partial charge in [-0.25, -0.2) is 0 Å². The molecule has 1 rings (SSSR count). The Morgan fingerprint density at radius 2 is 1.15 bits per heavy atom. The first-order valence-electron chi connectivity index (χ1n) is 10.8. The predicted molar refractivity (Wildman–Crippen MR) is 124 cm³/mol. The van der Waals surface area contributed by atoms with Crippen molar-refractivity contribution in [3.63, 3.8) is 0 Å². The van der Waals surface area contributed by atoms with Crippen molar-refractivity contribution in [3.05, 3.63) is 0 Å². The topological polar surface area (TPSA) is 161 Å². The molecule has 0 aromatic rings. The van der Waals surface area contributed by atoms with Crippen LogP contribution in [0.3, 0.4) is 0 Å². The van der Waals surface area contributed by atoms with Gasteiger partial charge >= 0.3 is 0 Å². The Balaban J connectivity index is -0.000000169. The molecule has 0 bridgehead atoms. The zero-order chi connectivity index (χ0) is 26.7. The van der Waals surface area contributed by atoms with Crippen molar-refractivity contribution in [1.29, 1.82) is 0 Å². The maximum Gasteiger partial charge on any atom is 0.300 e. The molecule has 0 aromatic heterocycles. The average Bonchev–Trinajstić information content (AvgIpc) is 2.72. The minimum Gasteiger partial charge on any atom is -0.481 e. The number of ether oxygens (including phenoxy) is 1. The molecular weight excluding hydrogens is 434 g/mol. The first-order valence-corrected chi connectivity index (χ1v) is 10.8. The number of carboxylic acids is 1. The van der Waals surface area contributed by atoms with Crippen LogP contribution in [0.4, 0.5) is 0 Å². The summed E-state index contributed by atoms with van der Waals surface area (Å²) in [7, 11) is 1.31. The summed E-state index contributed by atoms with van der Waals surface area (Å²) in [6.45, 7) is 9.14. The van der Waals surface area contributed by atoms with E-state index >= 15 is 0 Å². The van der Waals surface area contributed by atoms with E-state index in [-0.39, 0.29) is 29.0 Å². The number of ketones is 4. The number of nitrogens with one attached hydrogen (secondary N) is 1. The van der Waals surface area contributed by atoms with Gasteiger partial charge in [0.15, 0.2) is 0 Å². The van der Waals surface area contributed by atoms with Crippen LogP contribution in [0.1, 0.15) is 92.4 Å². The van der Waals surface area contributed by atoms with Crippen molar-refractivity contribution >= 4 is 41.5 Å². The van der Waals surface area contributed by atoms with Crippen LogP contribution in [-0.4, -0.2) is 60.2 Å². The first kappa shape index (κ1) is 37.4. The minimum absolute atomic E-state index is 0.170. The lowest BCUT2D eigenvalue weighted by Crippen LogP contribution is -2.37. The van der Waals surface area contributed by atoms with Gasteiger partial charge in [0.1, 0.15) is 23.1 Å². The molecule has 0 radical (unpaired) electrons. The predicted octanol–water partition coefficient (Wildman–Crippen LogP) is 2.84. The van der Waals surface area contributed by atoms with Crippen LogP contribution < -0.4 is 5.32 Å². The fraction of sp³-hybridized carbons (Fsp3) is 0.696. The average molecular weight is 476 g/mol. The van der Waals surface area contributed by atoms with Crippen LogP contribution in [0.2, 0.25) is 0 Å². The summed E-state index contributed by atoms with van der Waals surface area (Å²) in [5.74, 6) is 0.195. The molecule has 1 aliphatic heterocycles. The summed E-state index contributed by atoms with van der Waals surface area (Å²) in [5, 5.41) is 9.99. The molecule has 33 heavy (non-hydrogen) atoms. The van der Waals surface area contributed by atoms with Crippen LogP contribution in [-0.2, 0) is 38.3 Å². The first-order chi connectivity index (χ1) is 15.4. The van der Waals surface area contributed by atoms with Crippen LogP contribution >= 0.6 is 0 Å². The minimum atomic E-state index is -0.833. The van der Waals surface area contributed by atoms with Gasteiger partial charge in [0.25, 0.3) is 12.4 Å². The Bertz CT molecular complexity index is 544. The summed E-state index contributed by atoms with van der Waals surface area (Å²) in [4.78, 5) is 69.9. The Hall–Kier alpha value is -2.91. The molecule has 2 N–H and O–H groups in total. The number of β-lactam (4-membered cyclic amide) rings is 1. The third kappa shape index (κ3) is 52.9. The quantitative estimate of drug-likeness (QED) is 0.338. The molecule has 1 saturated heterocycles. The second-order valence-corrected chi connectivity index (χ2v) is 6.85. The Morgan fingerprint density at radius 3 is 1.27 bits per heavy atom. The molecule has 192 valence electrons. The Morgan fingerprint density at radius 1 is 0.879 bits per heavy atom. The highest BCUT2D eigenvalue weighted by atomic mass is 16.5. The highest BCUT2D eigenvalue weighted by Crippen LogP contribution is 1.99. The molecule has 0 saturated carbocycles. The molecule has 1 heterocycles. The van der Waals surface area contributed by atoms with Gasteiger partial charge < -0.3 is 24.7 Å². The number of carbonyl (C=O) groups is 7. The normalized spacial score (nSPS) is 10.2. The second kappa shape index (κ2) is 29.1. The van der Waals surface area contributed by atoms with Crippen LogP contribution in [0.25, 0.3) is 0 Å². The number of hydrogen-bond acceptors (Lipinski definition) is 8. The highest BCUT2D eigenvalue weighted by molar-refractivity contribution is 5.81. The summed E-state index contributed by atoms with van der Waals surface area (Å²) in [6.07, 6.45) is 5.60. The summed E-state index contributed by atoms with van der Waals surface area (Å²) in [5.41, 5.74) is 0. The van der Waals surface area contributed by atoms with Gasteiger partial charge in [0.05, 0.1) is 7.11 Å². The Kier molecular flexibility index (Phi) is 33.0. The molecule has 0 atom stereocenters. The van der Waals surface area contributed by atoms with Crippen LogP contribution in [0, 0.1) is 0 Å². The van der Waals surface area contributed by atoms with Gasteiger partial charge in [-0.3, -0.25) is 24.0 Å². The molecule has 1 amide bonds. The van der Waals surface area contributed by atoms with Crippen molar-refractivity contribution in [2.45, 2.75) is 92.4 Å². The second-order valence-electron chi connectivity index (χ2n) is 6.85. The van der Waals surface area contributed by atoms with E-state index < -0.39 is 5.97 Å². The monoisotopic (exact) mass is 475 g/mol. The third-order valence-corrected chi connectivity index (χ3v) is 3.53. The molecule has 10 heteroatoms. The summed E-state index contributed by atoms with van der Waals surface area (Å²) < 4.78 is 3.86. The number of Topliss-reactive ketones (excluding diaryl/α,β-unsaturated/α-hetero) is 4. The SMILES string of the molecule is CC(=O)O.CCC(=O)CCCC(C)=O.CCC(=O)CCCC(C)=O.COC=O.O=C1CCN1. The van der Waals surface area contributed by atoms with E-state index in [0.717, 1.165) is 32.7 Å². The lowest BCUT2D eigenvalue weighted by atomic mass is 10.1. The number of aliphatic carboxylic acids is 1. The largest absolute Gasteiger partial charge is 0.481 e. The van der Waals surface area contributed by atoms with E-state index in [1.54, 1.807) is 13.8 Å². The maximum absolute atomic E-state index is 10.7. The Labute approximate surface area is 196 Å². The molecule has 10 nitrogen and oxygen atoms in total. The molecule has 1 fully saturated rings.